The Morgan fingerprint density at radius 2 is 2.05 bits per heavy atom. The highest BCUT2D eigenvalue weighted by Gasteiger charge is 2.24. The average Bonchev–Trinajstić information content (AvgIpc) is 3.01. The molecular weight excluding hydrogens is 268 g/mol. The molecule has 1 saturated heterocycles. The summed E-state index contributed by atoms with van der Waals surface area (Å²) in [5.74, 6) is 0.962. The molecule has 1 aliphatic heterocycles. The zero-order valence-electron chi connectivity index (χ0n) is 12.4. The Balaban J connectivity index is 1.69. The van der Waals surface area contributed by atoms with Crippen LogP contribution in [0.2, 0.25) is 0 Å². The van der Waals surface area contributed by atoms with Crippen molar-refractivity contribution in [2.24, 2.45) is 5.73 Å². The summed E-state index contributed by atoms with van der Waals surface area (Å²) in [5, 5.41) is 11.7. The molecule has 1 unspecified atom stereocenters. The molecular formula is C13H22N8. The number of hydrogen-bond donors (Lipinski definition) is 1. The third-order valence-electron chi connectivity index (χ3n) is 4.22. The van der Waals surface area contributed by atoms with E-state index in [0.717, 1.165) is 51.4 Å². The van der Waals surface area contributed by atoms with Gasteiger partial charge >= 0.3 is 0 Å². The van der Waals surface area contributed by atoms with E-state index in [1.54, 1.807) is 10.7 Å². The minimum Gasteiger partial charge on any atom is -0.353 e. The molecule has 2 aromatic rings. The van der Waals surface area contributed by atoms with Gasteiger partial charge in [-0.15, -0.1) is 5.10 Å². The van der Waals surface area contributed by atoms with Crippen LogP contribution >= 0.6 is 0 Å². The van der Waals surface area contributed by atoms with Crippen LogP contribution in [0, 0.1) is 0 Å². The predicted molar refractivity (Wildman–Crippen MR) is 80.1 cm³/mol. The summed E-state index contributed by atoms with van der Waals surface area (Å²) in [5.41, 5.74) is 6.39. The van der Waals surface area contributed by atoms with Gasteiger partial charge in [0, 0.05) is 32.2 Å². The monoisotopic (exact) mass is 290 g/mol. The van der Waals surface area contributed by atoms with Crippen molar-refractivity contribution >= 4 is 11.5 Å². The van der Waals surface area contributed by atoms with Crippen LogP contribution in [-0.4, -0.2) is 68.7 Å². The molecule has 0 spiro atoms. The van der Waals surface area contributed by atoms with Crippen molar-refractivity contribution in [3.05, 3.63) is 12.4 Å². The molecule has 21 heavy (non-hydrogen) atoms. The predicted octanol–water partition coefficient (Wildman–Crippen LogP) is -0.231. The van der Waals surface area contributed by atoms with Gasteiger partial charge in [-0.3, -0.25) is 9.88 Å². The normalized spacial score (nSPS) is 18.3. The molecule has 114 valence electrons. The lowest BCUT2D eigenvalue weighted by Gasteiger charge is -2.39. The van der Waals surface area contributed by atoms with Crippen LogP contribution in [0.4, 0.5) is 5.82 Å². The van der Waals surface area contributed by atoms with Gasteiger partial charge in [-0.05, 0) is 29.8 Å². The standard InChI is InChI=1S/C13H22N8/c1-2-11(3-4-14)19-5-7-20(8-6-19)13-10-15-9-12-16-17-18-21(12)13/h9-11H,2-8,14H2,1H3. The number of tetrazole rings is 1. The van der Waals surface area contributed by atoms with Gasteiger partial charge in [0.15, 0.2) is 11.5 Å². The van der Waals surface area contributed by atoms with Gasteiger partial charge in [0.1, 0.15) is 0 Å². The number of nitrogens with two attached hydrogens (primary N) is 1. The Kier molecular flexibility index (Phi) is 4.26. The maximum atomic E-state index is 5.71. The van der Waals surface area contributed by atoms with E-state index in [-0.39, 0.29) is 0 Å². The zero-order chi connectivity index (χ0) is 14.7. The largest absolute Gasteiger partial charge is 0.353 e. The summed E-state index contributed by atoms with van der Waals surface area (Å²) in [7, 11) is 0. The van der Waals surface area contributed by atoms with E-state index in [4.69, 9.17) is 5.73 Å². The molecule has 0 bridgehead atoms. The second-order valence-corrected chi connectivity index (χ2v) is 5.38. The van der Waals surface area contributed by atoms with Crippen LogP contribution in [0.25, 0.3) is 5.65 Å². The number of aromatic nitrogens is 5. The fourth-order valence-electron chi connectivity index (χ4n) is 3.03. The van der Waals surface area contributed by atoms with E-state index in [9.17, 15) is 0 Å². The highest BCUT2D eigenvalue weighted by Crippen LogP contribution is 2.18. The molecule has 3 heterocycles. The average molecular weight is 290 g/mol. The van der Waals surface area contributed by atoms with Gasteiger partial charge < -0.3 is 10.6 Å². The first-order valence-corrected chi connectivity index (χ1v) is 7.54. The van der Waals surface area contributed by atoms with E-state index in [1.165, 1.54) is 0 Å². The molecule has 0 amide bonds. The highest BCUT2D eigenvalue weighted by molar-refractivity contribution is 5.46. The number of hydrogen-bond acceptors (Lipinski definition) is 7. The van der Waals surface area contributed by atoms with Crippen molar-refractivity contribution in [3.63, 3.8) is 0 Å². The Hall–Kier alpha value is -1.80. The molecule has 1 atom stereocenters. The van der Waals surface area contributed by atoms with Crippen LogP contribution in [-0.2, 0) is 0 Å². The highest BCUT2D eigenvalue weighted by atomic mass is 15.5. The molecule has 0 aliphatic carbocycles. The van der Waals surface area contributed by atoms with Gasteiger partial charge in [-0.2, -0.15) is 4.52 Å². The fraction of sp³-hybridized carbons (Fsp3) is 0.692. The minimum atomic E-state index is 0.596. The van der Waals surface area contributed by atoms with Crippen LogP contribution < -0.4 is 10.6 Å². The Morgan fingerprint density at radius 1 is 1.24 bits per heavy atom. The molecule has 1 aliphatic rings. The molecule has 1 fully saturated rings. The summed E-state index contributed by atoms with van der Waals surface area (Å²) < 4.78 is 1.75. The second-order valence-electron chi connectivity index (χ2n) is 5.38. The van der Waals surface area contributed by atoms with Crippen molar-refractivity contribution in [3.8, 4) is 0 Å². The Labute approximate surface area is 123 Å². The lowest BCUT2D eigenvalue weighted by Crippen LogP contribution is -2.51. The van der Waals surface area contributed by atoms with Crippen molar-refractivity contribution in [1.29, 1.82) is 0 Å². The number of piperazine rings is 1. The number of rotatable bonds is 5. The van der Waals surface area contributed by atoms with Crippen LogP contribution in [0.5, 0.6) is 0 Å². The second kappa shape index (κ2) is 6.31. The number of fused-ring (bicyclic) bond motifs is 1. The van der Waals surface area contributed by atoms with E-state index in [0.29, 0.717) is 11.7 Å². The topological polar surface area (TPSA) is 88.5 Å². The molecule has 0 saturated carbocycles. The Bertz CT molecular complexity index is 574. The minimum absolute atomic E-state index is 0.596. The molecule has 8 nitrogen and oxygen atoms in total. The van der Waals surface area contributed by atoms with Crippen LogP contribution in [0.3, 0.4) is 0 Å². The molecule has 2 aromatic heterocycles. The molecule has 0 aromatic carbocycles. The summed E-state index contributed by atoms with van der Waals surface area (Å²) >= 11 is 0. The first-order chi connectivity index (χ1) is 10.3. The van der Waals surface area contributed by atoms with E-state index in [1.807, 2.05) is 6.20 Å². The van der Waals surface area contributed by atoms with Crippen LogP contribution in [0.15, 0.2) is 12.4 Å². The molecule has 0 radical (unpaired) electrons. The van der Waals surface area contributed by atoms with E-state index in [2.05, 4.69) is 37.2 Å². The SMILES string of the molecule is CCC(CCN)N1CCN(c2cncc3nnnn23)CC1. The maximum absolute atomic E-state index is 5.71. The zero-order valence-corrected chi connectivity index (χ0v) is 12.4. The van der Waals surface area contributed by atoms with Crippen molar-refractivity contribution in [1.82, 2.24) is 29.9 Å². The van der Waals surface area contributed by atoms with Gasteiger partial charge in [-0.25, -0.2) is 0 Å². The lowest BCUT2D eigenvalue weighted by atomic mass is 10.1. The smallest absolute Gasteiger partial charge is 0.199 e. The van der Waals surface area contributed by atoms with Gasteiger partial charge in [0.05, 0.1) is 12.4 Å². The quantitative estimate of drug-likeness (QED) is 0.813. The van der Waals surface area contributed by atoms with Gasteiger partial charge in [0.25, 0.3) is 0 Å². The first kappa shape index (κ1) is 14.2. The van der Waals surface area contributed by atoms with Gasteiger partial charge in [-0.1, -0.05) is 6.92 Å². The lowest BCUT2D eigenvalue weighted by molar-refractivity contribution is 0.173. The summed E-state index contributed by atoms with van der Waals surface area (Å²) in [6.45, 7) is 6.99. The Morgan fingerprint density at radius 3 is 2.76 bits per heavy atom. The summed E-state index contributed by atoms with van der Waals surface area (Å²) in [6.07, 6.45) is 5.73. The summed E-state index contributed by atoms with van der Waals surface area (Å²) in [4.78, 5) is 9.06. The summed E-state index contributed by atoms with van der Waals surface area (Å²) in [6, 6.07) is 0.596. The van der Waals surface area contributed by atoms with E-state index < -0.39 is 0 Å². The molecule has 8 heteroatoms. The first-order valence-electron chi connectivity index (χ1n) is 7.54. The third kappa shape index (κ3) is 2.81. The third-order valence-corrected chi connectivity index (χ3v) is 4.22. The molecule has 2 N–H and O–H groups in total. The number of nitrogens with zero attached hydrogens (tertiary/aromatic N) is 7. The van der Waals surface area contributed by atoms with Gasteiger partial charge in [0.2, 0.25) is 0 Å². The van der Waals surface area contributed by atoms with Crippen molar-refractivity contribution in [2.75, 3.05) is 37.6 Å². The maximum Gasteiger partial charge on any atom is 0.199 e. The van der Waals surface area contributed by atoms with Crippen LogP contribution in [0.1, 0.15) is 19.8 Å². The fourth-order valence-corrected chi connectivity index (χ4v) is 3.03. The van der Waals surface area contributed by atoms with E-state index >= 15 is 0 Å². The molecule has 3 rings (SSSR count). The van der Waals surface area contributed by atoms with Crippen molar-refractivity contribution in [2.45, 2.75) is 25.8 Å². The number of anilines is 1. The van der Waals surface area contributed by atoms with Crippen molar-refractivity contribution < 1.29 is 0 Å².